The molecule has 2 rings (SSSR count). The maximum atomic E-state index is 13.3. The van der Waals surface area contributed by atoms with Crippen LogP contribution >= 0.6 is 0 Å². The van der Waals surface area contributed by atoms with Gasteiger partial charge >= 0.3 is 0 Å². The van der Waals surface area contributed by atoms with Crippen molar-refractivity contribution < 1.29 is 4.39 Å². The lowest BCUT2D eigenvalue weighted by atomic mass is 10.0. The van der Waals surface area contributed by atoms with Gasteiger partial charge in [-0.2, -0.15) is 0 Å². The first-order chi connectivity index (χ1) is 6.74. The summed E-state index contributed by atoms with van der Waals surface area (Å²) in [7, 11) is 1.85. The van der Waals surface area contributed by atoms with E-state index in [1.54, 1.807) is 13.0 Å². The lowest BCUT2D eigenvalue weighted by molar-refractivity contribution is 0.621. The predicted octanol–water partition coefficient (Wildman–Crippen LogP) is 3.33. The van der Waals surface area contributed by atoms with Gasteiger partial charge in [-0.1, -0.05) is 18.2 Å². The largest absolute Gasteiger partial charge is 0.388 e. The molecular formula is C12H12FN. The summed E-state index contributed by atoms with van der Waals surface area (Å²) >= 11 is 0. The van der Waals surface area contributed by atoms with E-state index < -0.39 is 0 Å². The zero-order valence-corrected chi connectivity index (χ0v) is 8.26. The second-order valence-electron chi connectivity index (χ2n) is 3.33. The fourth-order valence-corrected chi connectivity index (χ4v) is 1.74. The summed E-state index contributed by atoms with van der Waals surface area (Å²) in [6, 6.07) is 9.22. The monoisotopic (exact) mass is 189 g/mol. The second kappa shape index (κ2) is 3.29. The van der Waals surface area contributed by atoms with E-state index in [-0.39, 0.29) is 5.82 Å². The summed E-state index contributed by atoms with van der Waals surface area (Å²) in [5, 5.41) is 5.10. The Hall–Kier alpha value is -1.57. The van der Waals surface area contributed by atoms with Crippen molar-refractivity contribution in [3.8, 4) is 0 Å². The van der Waals surface area contributed by atoms with Crippen molar-refractivity contribution in [1.82, 2.24) is 0 Å². The zero-order valence-electron chi connectivity index (χ0n) is 8.26. The quantitative estimate of drug-likeness (QED) is 0.725. The highest BCUT2D eigenvalue weighted by Gasteiger charge is 2.05. The maximum absolute atomic E-state index is 13.3. The van der Waals surface area contributed by atoms with Crippen molar-refractivity contribution in [2.45, 2.75) is 6.92 Å². The third kappa shape index (κ3) is 1.23. The molecule has 0 spiro atoms. The molecule has 0 aliphatic carbocycles. The molecular weight excluding hydrogens is 177 g/mol. The molecule has 0 aliphatic heterocycles. The fourth-order valence-electron chi connectivity index (χ4n) is 1.74. The van der Waals surface area contributed by atoms with Crippen molar-refractivity contribution in [1.29, 1.82) is 0 Å². The van der Waals surface area contributed by atoms with Crippen LogP contribution in [0.15, 0.2) is 30.3 Å². The van der Waals surface area contributed by atoms with Crippen molar-refractivity contribution >= 4 is 16.5 Å². The van der Waals surface area contributed by atoms with Crippen molar-refractivity contribution in [3.05, 3.63) is 41.7 Å². The lowest BCUT2D eigenvalue weighted by Crippen LogP contribution is -1.92. The normalized spacial score (nSPS) is 10.5. The minimum absolute atomic E-state index is 0.153. The summed E-state index contributed by atoms with van der Waals surface area (Å²) in [6.07, 6.45) is 0. The van der Waals surface area contributed by atoms with Crippen molar-refractivity contribution in [3.63, 3.8) is 0 Å². The summed E-state index contributed by atoms with van der Waals surface area (Å²) in [5.74, 6) is -0.153. The van der Waals surface area contributed by atoms with Crippen LogP contribution in [0.5, 0.6) is 0 Å². The fraction of sp³-hybridized carbons (Fsp3) is 0.167. The molecule has 2 aromatic carbocycles. The van der Waals surface area contributed by atoms with Gasteiger partial charge < -0.3 is 5.32 Å². The highest BCUT2D eigenvalue weighted by molar-refractivity contribution is 5.96. The van der Waals surface area contributed by atoms with E-state index in [0.29, 0.717) is 5.56 Å². The number of rotatable bonds is 1. The lowest BCUT2D eigenvalue weighted by Gasteiger charge is -2.08. The van der Waals surface area contributed by atoms with Gasteiger partial charge in [0.25, 0.3) is 0 Å². The van der Waals surface area contributed by atoms with Gasteiger partial charge in [0.1, 0.15) is 5.82 Å². The van der Waals surface area contributed by atoms with E-state index >= 15 is 0 Å². The van der Waals surface area contributed by atoms with Gasteiger partial charge in [0, 0.05) is 18.1 Å². The van der Waals surface area contributed by atoms with E-state index in [1.165, 1.54) is 6.07 Å². The van der Waals surface area contributed by atoms with Crippen LogP contribution in [0.1, 0.15) is 5.56 Å². The van der Waals surface area contributed by atoms with Crippen LogP contribution in [0.25, 0.3) is 10.8 Å². The van der Waals surface area contributed by atoms with Gasteiger partial charge in [-0.3, -0.25) is 0 Å². The molecule has 0 amide bonds. The smallest absolute Gasteiger partial charge is 0.126 e. The predicted molar refractivity (Wildman–Crippen MR) is 58.2 cm³/mol. The number of nitrogens with one attached hydrogen (secondary N) is 1. The third-order valence-corrected chi connectivity index (χ3v) is 2.51. The first-order valence-electron chi connectivity index (χ1n) is 4.59. The van der Waals surface area contributed by atoms with Crippen LogP contribution in [-0.2, 0) is 0 Å². The molecule has 2 heteroatoms. The van der Waals surface area contributed by atoms with E-state index in [0.717, 1.165) is 16.5 Å². The molecule has 0 saturated carbocycles. The van der Waals surface area contributed by atoms with Gasteiger partial charge in [0.15, 0.2) is 0 Å². The summed E-state index contributed by atoms with van der Waals surface area (Å²) in [6.45, 7) is 1.80. The van der Waals surface area contributed by atoms with Crippen LogP contribution in [0.3, 0.4) is 0 Å². The van der Waals surface area contributed by atoms with E-state index in [1.807, 2.05) is 25.2 Å². The highest BCUT2D eigenvalue weighted by atomic mass is 19.1. The Bertz CT molecular complexity index is 477. The van der Waals surface area contributed by atoms with Gasteiger partial charge in [-0.05, 0) is 30.0 Å². The highest BCUT2D eigenvalue weighted by Crippen LogP contribution is 2.27. The molecule has 1 N–H and O–H groups in total. The Morgan fingerprint density at radius 3 is 2.64 bits per heavy atom. The topological polar surface area (TPSA) is 12.0 Å². The molecule has 14 heavy (non-hydrogen) atoms. The number of halogens is 1. The Labute approximate surface area is 82.6 Å². The van der Waals surface area contributed by atoms with E-state index in [2.05, 4.69) is 5.32 Å². The van der Waals surface area contributed by atoms with Crippen molar-refractivity contribution in [2.75, 3.05) is 12.4 Å². The standard InChI is InChI=1S/C12H12FN/c1-8-10(13)7-6-9-4-3-5-11(14-2)12(8)9/h3-7,14H,1-2H3. The Morgan fingerprint density at radius 2 is 1.93 bits per heavy atom. The Balaban J connectivity index is 2.89. The molecule has 0 heterocycles. The zero-order chi connectivity index (χ0) is 10.1. The first kappa shape index (κ1) is 9.00. The van der Waals surface area contributed by atoms with Crippen LogP contribution < -0.4 is 5.32 Å². The number of hydrogen-bond acceptors (Lipinski definition) is 1. The van der Waals surface area contributed by atoms with E-state index in [4.69, 9.17) is 0 Å². The summed E-state index contributed by atoms with van der Waals surface area (Å²) in [4.78, 5) is 0. The third-order valence-electron chi connectivity index (χ3n) is 2.51. The molecule has 0 aromatic heterocycles. The van der Waals surface area contributed by atoms with Crippen LogP contribution in [-0.4, -0.2) is 7.05 Å². The second-order valence-corrected chi connectivity index (χ2v) is 3.33. The molecule has 72 valence electrons. The number of benzene rings is 2. The van der Waals surface area contributed by atoms with Gasteiger partial charge in [0.05, 0.1) is 0 Å². The minimum Gasteiger partial charge on any atom is -0.388 e. The minimum atomic E-state index is -0.153. The molecule has 2 aromatic rings. The van der Waals surface area contributed by atoms with Crippen LogP contribution in [0.2, 0.25) is 0 Å². The SMILES string of the molecule is CNc1cccc2ccc(F)c(C)c12. The summed E-state index contributed by atoms with van der Waals surface area (Å²) < 4.78 is 13.3. The summed E-state index contributed by atoms with van der Waals surface area (Å²) in [5.41, 5.74) is 1.67. The molecule has 0 atom stereocenters. The Morgan fingerprint density at radius 1 is 1.14 bits per heavy atom. The molecule has 0 saturated heterocycles. The molecule has 1 nitrogen and oxygen atoms in total. The van der Waals surface area contributed by atoms with E-state index in [9.17, 15) is 4.39 Å². The molecule has 0 unspecified atom stereocenters. The number of hydrogen-bond donors (Lipinski definition) is 1. The Kier molecular flexibility index (Phi) is 2.12. The number of fused-ring (bicyclic) bond motifs is 1. The average molecular weight is 189 g/mol. The van der Waals surface area contributed by atoms with Gasteiger partial charge in [-0.25, -0.2) is 4.39 Å². The molecule has 0 aliphatic rings. The van der Waals surface area contributed by atoms with Crippen molar-refractivity contribution in [2.24, 2.45) is 0 Å². The van der Waals surface area contributed by atoms with Crippen LogP contribution in [0, 0.1) is 12.7 Å². The van der Waals surface area contributed by atoms with Gasteiger partial charge in [0.2, 0.25) is 0 Å². The molecule has 0 fully saturated rings. The molecule has 0 bridgehead atoms. The average Bonchev–Trinajstić information content (AvgIpc) is 2.23. The first-order valence-corrected chi connectivity index (χ1v) is 4.59. The number of anilines is 1. The van der Waals surface area contributed by atoms with Gasteiger partial charge in [-0.15, -0.1) is 0 Å². The van der Waals surface area contributed by atoms with Crippen LogP contribution in [0.4, 0.5) is 10.1 Å². The molecule has 0 radical (unpaired) electrons. The maximum Gasteiger partial charge on any atom is 0.126 e. The number of aryl methyl sites for hydroxylation is 1.